The molecule has 2 aliphatic heterocycles. The molecule has 1 aliphatic carbocycles. The average molecular weight is 405 g/mol. The van der Waals surface area contributed by atoms with Crippen molar-refractivity contribution in [3.63, 3.8) is 0 Å². The molecule has 0 bridgehead atoms. The van der Waals surface area contributed by atoms with Crippen LogP contribution in [0.2, 0.25) is 0 Å². The summed E-state index contributed by atoms with van der Waals surface area (Å²) in [5, 5.41) is 16.9. The number of rotatable bonds is 6. The van der Waals surface area contributed by atoms with Crippen molar-refractivity contribution in [2.45, 2.75) is 58.0 Å². The van der Waals surface area contributed by atoms with E-state index < -0.39 is 0 Å². The minimum atomic E-state index is -0.218. The zero-order chi connectivity index (χ0) is 20.4. The van der Waals surface area contributed by atoms with E-state index in [0.717, 1.165) is 31.5 Å². The number of aliphatic hydroxyl groups is 1. The fraction of sp³-hybridized carbons (Fsp3) is 0.762. The van der Waals surface area contributed by atoms with E-state index in [1.54, 1.807) is 4.90 Å². The molecule has 160 valence electrons. The SMILES string of the molecule is Cc1onc(C(=O)N2CC[C@H](CO)[C@H](NC(=O)C3CC3)C2)c1CN1CCCCC1. The van der Waals surface area contributed by atoms with Gasteiger partial charge >= 0.3 is 0 Å². The summed E-state index contributed by atoms with van der Waals surface area (Å²) in [7, 11) is 0. The zero-order valence-corrected chi connectivity index (χ0v) is 17.2. The van der Waals surface area contributed by atoms with Crippen molar-refractivity contribution in [2.75, 3.05) is 32.8 Å². The van der Waals surface area contributed by atoms with Gasteiger partial charge in [-0.05, 0) is 52.1 Å². The first-order chi connectivity index (χ1) is 14.1. The molecular formula is C21H32N4O4. The van der Waals surface area contributed by atoms with Crippen molar-refractivity contribution in [1.82, 2.24) is 20.3 Å². The largest absolute Gasteiger partial charge is 0.396 e. The maximum absolute atomic E-state index is 13.3. The highest BCUT2D eigenvalue weighted by molar-refractivity contribution is 5.94. The number of hydrogen-bond acceptors (Lipinski definition) is 6. The predicted octanol–water partition coefficient (Wildman–Crippen LogP) is 1.32. The van der Waals surface area contributed by atoms with Gasteiger partial charge in [-0.1, -0.05) is 11.6 Å². The Labute approximate surface area is 171 Å². The van der Waals surface area contributed by atoms with Gasteiger partial charge in [-0.2, -0.15) is 0 Å². The molecule has 1 aromatic heterocycles. The number of aromatic nitrogens is 1. The van der Waals surface area contributed by atoms with Crippen molar-refractivity contribution in [1.29, 1.82) is 0 Å². The molecule has 1 saturated carbocycles. The number of carbonyl (C=O) groups is 2. The lowest BCUT2D eigenvalue weighted by Gasteiger charge is -2.38. The molecule has 2 atom stereocenters. The van der Waals surface area contributed by atoms with Gasteiger partial charge in [-0.15, -0.1) is 0 Å². The highest BCUT2D eigenvalue weighted by atomic mass is 16.5. The molecule has 0 unspecified atom stereocenters. The Bertz CT molecular complexity index is 739. The van der Waals surface area contributed by atoms with Crippen LogP contribution in [0.5, 0.6) is 0 Å². The fourth-order valence-corrected chi connectivity index (χ4v) is 4.45. The van der Waals surface area contributed by atoms with Crippen molar-refractivity contribution in [2.24, 2.45) is 11.8 Å². The van der Waals surface area contributed by atoms with E-state index in [2.05, 4.69) is 15.4 Å². The summed E-state index contributed by atoms with van der Waals surface area (Å²) < 4.78 is 5.39. The summed E-state index contributed by atoms with van der Waals surface area (Å²) in [6.45, 7) is 5.59. The van der Waals surface area contributed by atoms with E-state index in [1.165, 1.54) is 19.3 Å². The first-order valence-electron chi connectivity index (χ1n) is 10.9. The van der Waals surface area contributed by atoms with Gasteiger partial charge in [0.05, 0.1) is 6.04 Å². The Morgan fingerprint density at radius 2 is 1.93 bits per heavy atom. The Balaban J connectivity index is 1.45. The van der Waals surface area contributed by atoms with Crippen LogP contribution in [-0.4, -0.2) is 70.7 Å². The summed E-state index contributed by atoms with van der Waals surface area (Å²) >= 11 is 0. The topological polar surface area (TPSA) is 98.9 Å². The lowest BCUT2D eigenvalue weighted by Crippen LogP contribution is -2.55. The molecule has 3 fully saturated rings. The molecule has 0 radical (unpaired) electrons. The predicted molar refractivity (Wildman–Crippen MR) is 106 cm³/mol. The van der Waals surface area contributed by atoms with E-state index in [1.807, 2.05) is 6.92 Å². The van der Waals surface area contributed by atoms with Crippen LogP contribution in [0.25, 0.3) is 0 Å². The number of piperidine rings is 2. The van der Waals surface area contributed by atoms with Gasteiger partial charge in [-0.3, -0.25) is 14.5 Å². The second-order valence-corrected chi connectivity index (χ2v) is 8.77. The summed E-state index contributed by atoms with van der Waals surface area (Å²) in [6.07, 6.45) is 6.16. The van der Waals surface area contributed by atoms with Crippen LogP contribution in [0.1, 0.15) is 60.3 Å². The van der Waals surface area contributed by atoms with Crippen LogP contribution in [0.3, 0.4) is 0 Å². The summed E-state index contributed by atoms with van der Waals surface area (Å²) in [5.74, 6) is 0.688. The fourth-order valence-electron chi connectivity index (χ4n) is 4.45. The number of aryl methyl sites for hydroxylation is 1. The summed E-state index contributed by atoms with van der Waals surface area (Å²) in [6, 6.07) is -0.218. The standard InChI is InChI=1S/C21H32N4O4/c1-14-17(11-24-8-3-2-4-9-24)19(23-29-14)21(28)25-10-7-16(13-26)18(12-25)22-20(27)15-5-6-15/h15-16,18,26H,2-13H2,1H3,(H,22,27)/t16-,18-/m1/s1. The first-order valence-corrected chi connectivity index (χ1v) is 10.9. The van der Waals surface area contributed by atoms with E-state index in [9.17, 15) is 14.7 Å². The minimum Gasteiger partial charge on any atom is -0.396 e. The van der Waals surface area contributed by atoms with Gasteiger partial charge < -0.3 is 19.8 Å². The molecule has 29 heavy (non-hydrogen) atoms. The third-order valence-electron chi connectivity index (χ3n) is 6.57. The van der Waals surface area contributed by atoms with Gasteiger partial charge in [-0.25, -0.2) is 0 Å². The Morgan fingerprint density at radius 3 is 2.62 bits per heavy atom. The molecule has 8 heteroatoms. The van der Waals surface area contributed by atoms with E-state index >= 15 is 0 Å². The van der Waals surface area contributed by atoms with Crippen molar-refractivity contribution in [3.8, 4) is 0 Å². The Morgan fingerprint density at radius 1 is 1.17 bits per heavy atom. The number of carbonyl (C=O) groups excluding carboxylic acids is 2. The molecule has 3 aliphatic rings. The van der Waals surface area contributed by atoms with Gasteiger partial charge in [0.1, 0.15) is 5.76 Å². The Hall–Kier alpha value is -1.93. The number of nitrogens with zero attached hydrogens (tertiary/aromatic N) is 3. The third kappa shape index (κ3) is 4.64. The number of aliphatic hydroxyl groups excluding tert-OH is 1. The van der Waals surface area contributed by atoms with Crippen LogP contribution in [0.4, 0.5) is 0 Å². The van der Waals surface area contributed by atoms with E-state index in [4.69, 9.17) is 4.52 Å². The van der Waals surface area contributed by atoms with Crippen molar-refractivity contribution >= 4 is 11.8 Å². The molecule has 2 N–H and O–H groups in total. The highest BCUT2D eigenvalue weighted by Gasteiger charge is 2.37. The van der Waals surface area contributed by atoms with Crippen LogP contribution in [-0.2, 0) is 11.3 Å². The number of amides is 2. The summed E-state index contributed by atoms with van der Waals surface area (Å²) in [4.78, 5) is 29.6. The van der Waals surface area contributed by atoms with Gasteiger partial charge in [0.25, 0.3) is 5.91 Å². The normalized spacial score (nSPS) is 25.8. The average Bonchev–Trinajstić information content (AvgIpc) is 3.53. The molecule has 8 nitrogen and oxygen atoms in total. The van der Waals surface area contributed by atoms with Crippen molar-refractivity contribution in [3.05, 3.63) is 17.0 Å². The van der Waals surface area contributed by atoms with Crippen LogP contribution >= 0.6 is 0 Å². The minimum absolute atomic E-state index is 0.0148. The smallest absolute Gasteiger partial charge is 0.276 e. The molecule has 3 heterocycles. The molecule has 2 saturated heterocycles. The second kappa shape index (κ2) is 8.83. The van der Waals surface area contributed by atoms with Crippen LogP contribution in [0.15, 0.2) is 4.52 Å². The van der Waals surface area contributed by atoms with Gasteiger partial charge in [0.2, 0.25) is 5.91 Å². The highest BCUT2D eigenvalue weighted by Crippen LogP contribution is 2.30. The molecule has 0 spiro atoms. The Kier molecular flexibility index (Phi) is 6.20. The van der Waals surface area contributed by atoms with Crippen molar-refractivity contribution < 1.29 is 19.2 Å². The number of nitrogens with one attached hydrogen (secondary N) is 1. The monoisotopic (exact) mass is 404 g/mol. The quantitative estimate of drug-likeness (QED) is 0.742. The van der Waals surface area contributed by atoms with Gasteiger partial charge in [0.15, 0.2) is 5.69 Å². The molecule has 0 aromatic carbocycles. The van der Waals surface area contributed by atoms with Crippen LogP contribution < -0.4 is 5.32 Å². The third-order valence-corrected chi connectivity index (χ3v) is 6.57. The number of likely N-dealkylation sites (tertiary alicyclic amines) is 2. The molecular weight excluding hydrogens is 372 g/mol. The number of hydrogen-bond donors (Lipinski definition) is 2. The first kappa shape index (κ1) is 20.3. The summed E-state index contributed by atoms with van der Waals surface area (Å²) in [5.41, 5.74) is 1.27. The van der Waals surface area contributed by atoms with E-state index in [0.29, 0.717) is 37.5 Å². The zero-order valence-electron chi connectivity index (χ0n) is 17.2. The molecule has 1 aromatic rings. The molecule has 2 amide bonds. The maximum atomic E-state index is 13.3. The maximum Gasteiger partial charge on any atom is 0.276 e. The van der Waals surface area contributed by atoms with Gasteiger partial charge in [0, 0.05) is 43.6 Å². The molecule has 4 rings (SSSR count). The lowest BCUT2D eigenvalue weighted by atomic mass is 9.91. The van der Waals surface area contributed by atoms with E-state index in [-0.39, 0.29) is 36.3 Å². The second-order valence-electron chi connectivity index (χ2n) is 8.77. The lowest BCUT2D eigenvalue weighted by molar-refractivity contribution is -0.123. The van der Waals surface area contributed by atoms with Crippen LogP contribution in [0, 0.1) is 18.8 Å².